The fraction of sp³-hybridized carbons (Fsp3) is 0.250. The van der Waals surface area contributed by atoms with Crippen LogP contribution in [0, 0.1) is 0 Å². The largest absolute Gasteiger partial charge is 0.318 e. The summed E-state index contributed by atoms with van der Waals surface area (Å²) in [6, 6.07) is 7.71. The first-order valence-corrected chi connectivity index (χ1v) is 5.70. The standard InChI is InChI=1S/C12H14N6/c1-17-9-6-4-3-5-8(9)12(15-17)11(13)10-7-14-16-18(10)2/h3-7,11H,13H2,1-2H3. The summed E-state index contributed by atoms with van der Waals surface area (Å²) < 4.78 is 3.52. The summed E-state index contributed by atoms with van der Waals surface area (Å²) in [5, 5.41) is 13.3. The monoisotopic (exact) mass is 242 g/mol. The quantitative estimate of drug-likeness (QED) is 0.719. The van der Waals surface area contributed by atoms with Crippen molar-refractivity contribution in [1.82, 2.24) is 24.8 Å². The lowest BCUT2D eigenvalue weighted by Crippen LogP contribution is -2.17. The molecule has 0 spiro atoms. The van der Waals surface area contributed by atoms with Crippen molar-refractivity contribution in [2.75, 3.05) is 0 Å². The van der Waals surface area contributed by atoms with Gasteiger partial charge in [0.15, 0.2) is 0 Å². The minimum absolute atomic E-state index is 0.323. The molecular formula is C12H14N6. The van der Waals surface area contributed by atoms with Crippen molar-refractivity contribution in [2.45, 2.75) is 6.04 Å². The SMILES string of the molecule is Cn1nncc1C(N)c1nn(C)c2ccccc12. The van der Waals surface area contributed by atoms with Crippen molar-refractivity contribution in [2.24, 2.45) is 19.8 Å². The summed E-state index contributed by atoms with van der Waals surface area (Å²) in [7, 11) is 3.74. The fourth-order valence-corrected chi connectivity index (χ4v) is 2.19. The Balaban J connectivity index is 2.18. The van der Waals surface area contributed by atoms with Crippen LogP contribution in [0.5, 0.6) is 0 Å². The van der Waals surface area contributed by atoms with Crippen molar-refractivity contribution in [1.29, 1.82) is 0 Å². The molecule has 2 aromatic heterocycles. The van der Waals surface area contributed by atoms with Crippen molar-refractivity contribution in [3.05, 3.63) is 41.9 Å². The normalized spacial score (nSPS) is 13.1. The average Bonchev–Trinajstić information content (AvgIpc) is 2.94. The van der Waals surface area contributed by atoms with Gasteiger partial charge in [-0.05, 0) is 6.07 Å². The molecule has 92 valence electrons. The molecule has 0 amide bonds. The predicted molar refractivity (Wildman–Crippen MR) is 67.7 cm³/mol. The van der Waals surface area contributed by atoms with E-state index in [1.165, 1.54) is 0 Å². The Labute approximate surface area is 104 Å². The van der Waals surface area contributed by atoms with Crippen LogP contribution in [0.15, 0.2) is 30.5 Å². The smallest absolute Gasteiger partial charge is 0.0938 e. The van der Waals surface area contributed by atoms with Crippen molar-refractivity contribution in [3.63, 3.8) is 0 Å². The second kappa shape index (κ2) is 3.92. The minimum Gasteiger partial charge on any atom is -0.318 e. The highest BCUT2D eigenvalue weighted by Crippen LogP contribution is 2.25. The third kappa shape index (κ3) is 1.50. The Morgan fingerprint density at radius 2 is 1.94 bits per heavy atom. The number of hydrogen-bond acceptors (Lipinski definition) is 4. The molecule has 3 rings (SSSR count). The summed E-state index contributed by atoms with van der Waals surface area (Å²) in [6.07, 6.45) is 1.67. The molecule has 0 bridgehead atoms. The molecule has 1 atom stereocenters. The van der Waals surface area contributed by atoms with Gasteiger partial charge in [0.1, 0.15) is 0 Å². The Hall–Kier alpha value is -2.21. The molecule has 2 N–H and O–H groups in total. The highest BCUT2D eigenvalue weighted by molar-refractivity contribution is 5.82. The van der Waals surface area contributed by atoms with Crippen LogP contribution in [0.2, 0.25) is 0 Å². The molecule has 3 aromatic rings. The maximum absolute atomic E-state index is 6.26. The van der Waals surface area contributed by atoms with Crippen LogP contribution in [-0.2, 0) is 14.1 Å². The van der Waals surface area contributed by atoms with E-state index in [1.807, 2.05) is 43.0 Å². The number of aryl methyl sites for hydroxylation is 2. The Morgan fingerprint density at radius 3 is 2.67 bits per heavy atom. The van der Waals surface area contributed by atoms with Crippen molar-refractivity contribution in [3.8, 4) is 0 Å². The van der Waals surface area contributed by atoms with Gasteiger partial charge >= 0.3 is 0 Å². The average molecular weight is 242 g/mol. The summed E-state index contributed by atoms with van der Waals surface area (Å²) in [5.74, 6) is 0. The lowest BCUT2D eigenvalue weighted by atomic mass is 10.1. The van der Waals surface area contributed by atoms with E-state index in [9.17, 15) is 0 Å². The molecule has 0 saturated carbocycles. The van der Waals surface area contributed by atoms with E-state index in [-0.39, 0.29) is 6.04 Å². The van der Waals surface area contributed by atoms with Gasteiger partial charge in [-0.25, -0.2) is 0 Å². The van der Waals surface area contributed by atoms with Gasteiger partial charge in [0.05, 0.1) is 29.1 Å². The highest BCUT2D eigenvalue weighted by Gasteiger charge is 2.19. The van der Waals surface area contributed by atoms with Crippen molar-refractivity contribution >= 4 is 10.9 Å². The number of nitrogens with two attached hydrogens (primary N) is 1. The molecular weight excluding hydrogens is 228 g/mol. The van der Waals surface area contributed by atoms with Crippen molar-refractivity contribution < 1.29 is 0 Å². The van der Waals surface area contributed by atoms with E-state index in [4.69, 9.17) is 5.73 Å². The molecule has 0 aliphatic rings. The van der Waals surface area contributed by atoms with E-state index < -0.39 is 0 Å². The van der Waals surface area contributed by atoms with E-state index in [0.717, 1.165) is 22.3 Å². The third-order valence-electron chi connectivity index (χ3n) is 3.15. The maximum atomic E-state index is 6.26. The van der Waals surface area contributed by atoms with Crippen LogP contribution in [0.1, 0.15) is 17.4 Å². The first-order chi connectivity index (χ1) is 8.68. The van der Waals surface area contributed by atoms with Crippen LogP contribution in [0.3, 0.4) is 0 Å². The summed E-state index contributed by atoms with van der Waals surface area (Å²) >= 11 is 0. The lowest BCUT2D eigenvalue weighted by Gasteiger charge is -2.08. The topological polar surface area (TPSA) is 74.6 Å². The molecule has 6 heteroatoms. The van der Waals surface area contributed by atoms with Crippen LogP contribution >= 0.6 is 0 Å². The van der Waals surface area contributed by atoms with E-state index in [1.54, 1.807) is 10.9 Å². The summed E-state index contributed by atoms with van der Waals surface area (Å²) in [6.45, 7) is 0. The van der Waals surface area contributed by atoms with Crippen LogP contribution in [0.4, 0.5) is 0 Å². The van der Waals surface area contributed by atoms with Gasteiger partial charge in [-0.1, -0.05) is 23.4 Å². The highest BCUT2D eigenvalue weighted by atomic mass is 15.4. The fourth-order valence-electron chi connectivity index (χ4n) is 2.19. The zero-order valence-corrected chi connectivity index (χ0v) is 10.3. The second-order valence-electron chi connectivity index (χ2n) is 4.29. The van der Waals surface area contributed by atoms with Gasteiger partial charge in [0.2, 0.25) is 0 Å². The van der Waals surface area contributed by atoms with Crippen LogP contribution in [-0.4, -0.2) is 24.8 Å². The zero-order valence-electron chi connectivity index (χ0n) is 10.3. The van der Waals surface area contributed by atoms with Gasteiger partial charge in [-0.3, -0.25) is 9.36 Å². The first kappa shape index (κ1) is 10.9. The Morgan fingerprint density at radius 1 is 1.17 bits per heavy atom. The van der Waals surface area contributed by atoms with E-state index in [2.05, 4.69) is 15.4 Å². The molecule has 0 radical (unpaired) electrons. The molecule has 1 aromatic carbocycles. The maximum Gasteiger partial charge on any atom is 0.0938 e. The Bertz CT molecular complexity index is 695. The van der Waals surface area contributed by atoms with E-state index in [0.29, 0.717) is 0 Å². The molecule has 0 saturated heterocycles. The lowest BCUT2D eigenvalue weighted by molar-refractivity contribution is 0.636. The number of aromatic nitrogens is 5. The van der Waals surface area contributed by atoms with Crippen LogP contribution < -0.4 is 5.73 Å². The summed E-state index contributed by atoms with van der Waals surface area (Å²) in [5.41, 5.74) is 9.02. The number of para-hydroxylation sites is 1. The molecule has 2 heterocycles. The molecule has 1 unspecified atom stereocenters. The number of nitrogens with zero attached hydrogens (tertiary/aromatic N) is 5. The summed E-state index contributed by atoms with van der Waals surface area (Å²) in [4.78, 5) is 0. The number of rotatable bonds is 2. The number of fused-ring (bicyclic) bond motifs is 1. The molecule has 0 fully saturated rings. The molecule has 0 aliphatic heterocycles. The first-order valence-electron chi connectivity index (χ1n) is 5.70. The van der Waals surface area contributed by atoms with Gasteiger partial charge in [0, 0.05) is 19.5 Å². The van der Waals surface area contributed by atoms with E-state index >= 15 is 0 Å². The number of benzene rings is 1. The molecule has 18 heavy (non-hydrogen) atoms. The zero-order chi connectivity index (χ0) is 12.7. The third-order valence-corrected chi connectivity index (χ3v) is 3.15. The van der Waals surface area contributed by atoms with Crippen LogP contribution in [0.25, 0.3) is 10.9 Å². The van der Waals surface area contributed by atoms with Gasteiger partial charge in [0.25, 0.3) is 0 Å². The Kier molecular flexibility index (Phi) is 2.38. The number of hydrogen-bond donors (Lipinski definition) is 1. The molecule has 0 aliphatic carbocycles. The van der Waals surface area contributed by atoms with Gasteiger partial charge in [-0.2, -0.15) is 5.10 Å². The van der Waals surface area contributed by atoms with Gasteiger partial charge < -0.3 is 5.73 Å². The minimum atomic E-state index is -0.323. The predicted octanol–water partition coefficient (Wildman–Crippen LogP) is 0.750. The molecule has 6 nitrogen and oxygen atoms in total. The second-order valence-corrected chi connectivity index (χ2v) is 4.29. The van der Waals surface area contributed by atoms with Gasteiger partial charge in [-0.15, -0.1) is 5.10 Å².